The monoisotopic (exact) mass is 383 g/mol. The van der Waals surface area contributed by atoms with Crippen LogP contribution in [0.5, 0.6) is 5.75 Å². The lowest BCUT2D eigenvalue weighted by atomic mass is 10.1. The first-order valence-electron chi connectivity index (χ1n) is 7.09. The van der Waals surface area contributed by atoms with Crippen LogP contribution in [0.2, 0.25) is 0 Å². The van der Waals surface area contributed by atoms with Gasteiger partial charge in [-0.3, -0.25) is 4.79 Å². The molecule has 2 aromatic carbocycles. The fourth-order valence-corrected chi connectivity index (χ4v) is 2.38. The third-order valence-electron chi connectivity index (χ3n) is 3.19. The van der Waals surface area contributed by atoms with Crippen LogP contribution < -0.4 is 10.1 Å². The quantitative estimate of drug-likeness (QED) is 0.822. The van der Waals surface area contributed by atoms with Crippen molar-refractivity contribution >= 4 is 21.8 Å². The van der Waals surface area contributed by atoms with E-state index < -0.39 is 6.10 Å². The van der Waals surface area contributed by atoms with Crippen molar-refractivity contribution in [2.24, 2.45) is 0 Å². The van der Waals surface area contributed by atoms with E-state index in [2.05, 4.69) is 21.2 Å². The summed E-state index contributed by atoms with van der Waals surface area (Å²) in [7, 11) is 0. The van der Waals surface area contributed by atoms with E-state index in [9.17, 15) is 13.6 Å². The normalized spacial score (nSPS) is 11.8. The van der Waals surface area contributed by atoms with Gasteiger partial charge >= 0.3 is 0 Å². The van der Waals surface area contributed by atoms with Crippen molar-refractivity contribution in [2.45, 2.75) is 19.4 Å². The van der Waals surface area contributed by atoms with Crippen molar-refractivity contribution in [3.8, 4) is 5.75 Å². The molecule has 1 unspecified atom stereocenters. The summed E-state index contributed by atoms with van der Waals surface area (Å²) in [5.74, 6) is -0.554. The second-order valence-corrected chi connectivity index (χ2v) is 5.86. The molecule has 122 valence electrons. The Bertz CT molecular complexity index is 677. The van der Waals surface area contributed by atoms with Crippen LogP contribution in [0.4, 0.5) is 8.78 Å². The number of hydrogen-bond donors (Lipinski definition) is 1. The highest BCUT2D eigenvalue weighted by Gasteiger charge is 2.15. The van der Waals surface area contributed by atoms with Crippen LogP contribution in [0, 0.1) is 11.6 Å². The van der Waals surface area contributed by atoms with Crippen molar-refractivity contribution in [1.29, 1.82) is 0 Å². The lowest BCUT2D eigenvalue weighted by Gasteiger charge is -2.15. The Balaban J connectivity index is 1.81. The van der Waals surface area contributed by atoms with Crippen molar-refractivity contribution < 1.29 is 18.3 Å². The zero-order valence-corrected chi connectivity index (χ0v) is 14.1. The average Bonchev–Trinajstić information content (AvgIpc) is 2.51. The van der Waals surface area contributed by atoms with Crippen LogP contribution in [0.15, 0.2) is 46.9 Å². The van der Waals surface area contributed by atoms with Crippen LogP contribution in [-0.4, -0.2) is 18.6 Å². The molecule has 0 aliphatic heterocycles. The number of amides is 1. The van der Waals surface area contributed by atoms with Gasteiger partial charge in [0, 0.05) is 6.54 Å². The van der Waals surface area contributed by atoms with Gasteiger partial charge in [0.15, 0.2) is 6.10 Å². The largest absolute Gasteiger partial charge is 0.480 e. The molecule has 0 saturated carbocycles. The van der Waals surface area contributed by atoms with Crippen LogP contribution in [0.25, 0.3) is 0 Å². The molecule has 0 radical (unpaired) electrons. The van der Waals surface area contributed by atoms with E-state index in [1.165, 1.54) is 30.3 Å². The summed E-state index contributed by atoms with van der Waals surface area (Å²) in [6.07, 6.45) is -0.121. The molecule has 0 aliphatic rings. The molecule has 2 aromatic rings. The van der Waals surface area contributed by atoms with Gasteiger partial charge in [-0.25, -0.2) is 8.78 Å². The SMILES string of the molecule is CC(Oc1ccc(F)cc1Br)C(=O)NCCc1ccc(F)cc1. The molecule has 0 fully saturated rings. The summed E-state index contributed by atoms with van der Waals surface area (Å²) in [6, 6.07) is 10.1. The van der Waals surface area contributed by atoms with Crippen LogP contribution in [0.3, 0.4) is 0 Å². The minimum absolute atomic E-state index is 0.275. The number of benzene rings is 2. The zero-order chi connectivity index (χ0) is 16.8. The Labute approximate surface area is 141 Å². The fraction of sp³-hybridized carbons (Fsp3) is 0.235. The smallest absolute Gasteiger partial charge is 0.260 e. The predicted octanol–water partition coefficient (Wildman–Crippen LogP) is 3.85. The summed E-state index contributed by atoms with van der Waals surface area (Å²) in [4.78, 5) is 12.0. The number of hydrogen-bond acceptors (Lipinski definition) is 2. The van der Waals surface area contributed by atoms with Gasteiger partial charge in [0.05, 0.1) is 4.47 Å². The molecule has 23 heavy (non-hydrogen) atoms. The first-order valence-corrected chi connectivity index (χ1v) is 7.89. The molecule has 1 N–H and O–H groups in total. The Morgan fingerprint density at radius 3 is 2.48 bits per heavy atom. The van der Waals surface area contributed by atoms with Gasteiger partial charge in [-0.1, -0.05) is 12.1 Å². The summed E-state index contributed by atoms with van der Waals surface area (Å²) in [5, 5.41) is 2.75. The highest BCUT2D eigenvalue weighted by atomic mass is 79.9. The Hall–Kier alpha value is -1.95. The zero-order valence-electron chi connectivity index (χ0n) is 12.5. The van der Waals surface area contributed by atoms with E-state index in [1.54, 1.807) is 19.1 Å². The molecular weight excluding hydrogens is 368 g/mol. The molecule has 0 heterocycles. The maximum absolute atomic E-state index is 13.0. The lowest BCUT2D eigenvalue weighted by molar-refractivity contribution is -0.127. The van der Waals surface area contributed by atoms with Crippen molar-refractivity contribution in [3.05, 3.63) is 64.1 Å². The van der Waals surface area contributed by atoms with Crippen LogP contribution >= 0.6 is 15.9 Å². The van der Waals surface area contributed by atoms with E-state index in [-0.39, 0.29) is 17.5 Å². The molecule has 6 heteroatoms. The maximum atomic E-state index is 13.0. The molecule has 3 nitrogen and oxygen atoms in total. The van der Waals surface area contributed by atoms with E-state index in [1.807, 2.05) is 0 Å². The molecule has 2 rings (SSSR count). The second-order valence-electron chi connectivity index (χ2n) is 5.00. The highest BCUT2D eigenvalue weighted by Crippen LogP contribution is 2.26. The molecule has 1 amide bonds. The first-order chi connectivity index (χ1) is 11.0. The first kappa shape index (κ1) is 17.4. The number of halogens is 3. The second kappa shape index (κ2) is 8.06. The Morgan fingerprint density at radius 2 is 1.83 bits per heavy atom. The van der Waals surface area contributed by atoms with Gasteiger partial charge in [-0.2, -0.15) is 0 Å². The van der Waals surface area contributed by atoms with E-state index in [0.29, 0.717) is 23.2 Å². The number of nitrogens with one attached hydrogen (secondary N) is 1. The molecule has 0 aliphatic carbocycles. The topological polar surface area (TPSA) is 38.3 Å². The standard InChI is InChI=1S/C17H16BrF2NO2/c1-11(23-16-7-6-14(20)10-15(16)18)17(22)21-9-8-12-2-4-13(19)5-3-12/h2-7,10-11H,8-9H2,1H3,(H,21,22). The minimum atomic E-state index is -0.718. The van der Waals surface area contributed by atoms with Gasteiger partial charge in [0.2, 0.25) is 0 Å². The predicted molar refractivity (Wildman–Crippen MR) is 87.3 cm³/mol. The van der Waals surface area contributed by atoms with E-state index in [4.69, 9.17) is 4.74 Å². The van der Waals surface area contributed by atoms with Gasteiger partial charge < -0.3 is 10.1 Å². The van der Waals surface area contributed by atoms with Crippen molar-refractivity contribution in [1.82, 2.24) is 5.32 Å². The van der Waals surface area contributed by atoms with Crippen LogP contribution in [0.1, 0.15) is 12.5 Å². The lowest BCUT2D eigenvalue weighted by Crippen LogP contribution is -2.37. The Morgan fingerprint density at radius 1 is 1.17 bits per heavy atom. The number of ether oxygens (including phenoxy) is 1. The van der Waals surface area contributed by atoms with Gasteiger partial charge in [0.1, 0.15) is 17.4 Å². The minimum Gasteiger partial charge on any atom is -0.480 e. The number of carbonyl (C=O) groups excluding carboxylic acids is 1. The summed E-state index contributed by atoms with van der Waals surface area (Å²) in [6.45, 7) is 2.03. The number of rotatable bonds is 6. The third kappa shape index (κ3) is 5.32. The highest BCUT2D eigenvalue weighted by molar-refractivity contribution is 9.10. The average molecular weight is 384 g/mol. The van der Waals surface area contributed by atoms with Crippen molar-refractivity contribution in [3.63, 3.8) is 0 Å². The summed E-state index contributed by atoms with van der Waals surface area (Å²) < 4.78 is 31.8. The van der Waals surface area contributed by atoms with E-state index >= 15 is 0 Å². The molecule has 1 atom stereocenters. The summed E-state index contributed by atoms with van der Waals surface area (Å²) in [5.41, 5.74) is 0.932. The third-order valence-corrected chi connectivity index (χ3v) is 3.81. The summed E-state index contributed by atoms with van der Waals surface area (Å²) >= 11 is 3.19. The number of carbonyl (C=O) groups is 1. The maximum Gasteiger partial charge on any atom is 0.260 e. The Kier molecular flexibility index (Phi) is 6.10. The van der Waals surface area contributed by atoms with Crippen LogP contribution in [-0.2, 0) is 11.2 Å². The van der Waals surface area contributed by atoms with E-state index in [0.717, 1.165) is 5.56 Å². The van der Waals surface area contributed by atoms with Crippen molar-refractivity contribution in [2.75, 3.05) is 6.54 Å². The molecule has 0 spiro atoms. The molecular formula is C17H16BrF2NO2. The molecule has 0 bridgehead atoms. The van der Waals surface area contributed by atoms with Gasteiger partial charge in [0.25, 0.3) is 5.91 Å². The van der Waals surface area contributed by atoms with Gasteiger partial charge in [-0.15, -0.1) is 0 Å². The molecule has 0 aromatic heterocycles. The van der Waals surface area contributed by atoms with Gasteiger partial charge in [-0.05, 0) is 65.2 Å². The fourth-order valence-electron chi connectivity index (χ4n) is 1.94. The molecule has 0 saturated heterocycles.